The number of fused-ring (bicyclic) bond motifs is 1. The summed E-state index contributed by atoms with van der Waals surface area (Å²) < 4.78 is 0. The second-order valence-corrected chi connectivity index (χ2v) is 7.41. The highest BCUT2D eigenvalue weighted by atomic mass is 16.4. The molecule has 0 bridgehead atoms. The van der Waals surface area contributed by atoms with Gasteiger partial charge in [-0.05, 0) is 48.2 Å². The van der Waals surface area contributed by atoms with Crippen molar-refractivity contribution in [3.05, 3.63) is 107 Å². The molecule has 0 aromatic heterocycles. The molecule has 0 saturated heterocycles. The number of rotatable bonds is 5. The van der Waals surface area contributed by atoms with E-state index in [0.717, 1.165) is 22.5 Å². The van der Waals surface area contributed by atoms with Crippen LogP contribution < -0.4 is 9.80 Å². The summed E-state index contributed by atoms with van der Waals surface area (Å²) >= 11 is 0. The lowest BCUT2D eigenvalue weighted by Gasteiger charge is -2.25. The topological polar surface area (TPSA) is 43.8 Å². The van der Waals surface area contributed by atoms with Crippen LogP contribution in [0.4, 0.5) is 11.4 Å². The van der Waals surface area contributed by atoms with E-state index in [-0.39, 0.29) is 0 Å². The molecule has 0 saturated carbocycles. The third-order valence-corrected chi connectivity index (χ3v) is 5.35. The van der Waals surface area contributed by atoms with Crippen LogP contribution in [0.5, 0.6) is 0 Å². The van der Waals surface area contributed by atoms with Gasteiger partial charge in [-0.1, -0.05) is 60.7 Å². The summed E-state index contributed by atoms with van der Waals surface area (Å²) in [5.41, 5.74) is 6.74. The predicted octanol–water partition coefficient (Wildman–Crippen LogP) is 5.26. The van der Waals surface area contributed by atoms with Crippen molar-refractivity contribution < 1.29 is 9.90 Å². The summed E-state index contributed by atoms with van der Waals surface area (Å²) in [7, 11) is 0. The van der Waals surface area contributed by atoms with Crippen LogP contribution in [0.15, 0.2) is 84.7 Å². The van der Waals surface area contributed by atoms with Gasteiger partial charge >= 0.3 is 5.97 Å². The highest BCUT2D eigenvalue weighted by molar-refractivity contribution is 5.89. The summed E-state index contributed by atoms with van der Waals surface area (Å²) in [6, 6.07) is 24.6. The molecule has 0 unspecified atom stereocenters. The van der Waals surface area contributed by atoms with Crippen LogP contribution in [0.1, 0.15) is 22.3 Å². The zero-order chi connectivity index (χ0) is 20.4. The number of aryl methyl sites for hydroxylation is 2. The number of aliphatic carboxylic acids is 1. The van der Waals surface area contributed by atoms with Gasteiger partial charge in [0, 0.05) is 13.1 Å². The molecule has 4 nitrogen and oxygen atoms in total. The highest BCUT2D eigenvalue weighted by Crippen LogP contribution is 2.44. The van der Waals surface area contributed by atoms with E-state index >= 15 is 0 Å². The Labute approximate surface area is 171 Å². The van der Waals surface area contributed by atoms with Gasteiger partial charge in [-0.3, -0.25) is 0 Å². The minimum atomic E-state index is -0.947. The van der Waals surface area contributed by atoms with E-state index < -0.39 is 5.97 Å². The van der Waals surface area contributed by atoms with Crippen molar-refractivity contribution in [2.24, 2.45) is 0 Å². The monoisotopic (exact) mass is 384 g/mol. The molecular formula is C25H24N2O2. The molecule has 0 atom stereocenters. The van der Waals surface area contributed by atoms with Gasteiger partial charge in [0.25, 0.3) is 0 Å². The zero-order valence-electron chi connectivity index (χ0n) is 16.7. The van der Waals surface area contributed by atoms with Crippen LogP contribution in [-0.4, -0.2) is 11.1 Å². The third kappa shape index (κ3) is 3.87. The van der Waals surface area contributed by atoms with Crippen molar-refractivity contribution >= 4 is 17.3 Å². The van der Waals surface area contributed by atoms with Crippen molar-refractivity contribution in [3.63, 3.8) is 0 Å². The van der Waals surface area contributed by atoms with E-state index in [1.54, 1.807) is 0 Å². The number of hydrogen-bond donors (Lipinski definition) is 1. The molecule has 0 amide bonds. The van der Waals surface area contributed by atoms with Crippen LogP contribution in [0.3, 0.4) is 0 Å². The van der Waals surface area contributed by atoms with Gasteiger partial charge < -0.3 is 14.9 Å². The SMILES string of the molecule is Cc1cc2c(cc1C)N(Cc1ccccc1)C(=CC(=O)O)N2Cc1ccccc1. The van der Waals surface area contributed by atoms with Gasteiger partial charge in [0.2, 0.25) is 0 Å². The van der Waals surface area contributed by atoms with Gasteiger partial charge in [0.1, 0.15) is 5.82 Å². The molecule has 3 aromatic carbocycles. The molecule has 3 aromatic rings. The minimum absolute atomic E-state index is 0.612. The van der Waals surface area contributed by atoms with Crippen molar-refractivity contribution in [2.75, 3.05) is 9.80 Å². The van der Waals surface area contributed by atoms with Crippen LogP contribution in [-0.2, 0) is 17.9 Å². The Morgan fingerprint density at radius 2 is 1.21 bits per heavy atom. The Balaban J connectivity index is 1.83. The van der Waals surface area contributed by atoms with Crippen LogP contribution in [0.25, 0.3) is 0 Å². The van der Waals surface area contributed by atoms with Gasteiger partial charge in [0.05, 0.1) is 17.5 Å². The maximum Gasteiger partial charge on any atom is 0.331 e. The molecule has 1 heterocycles. The van der Waals surface area contributed by atoms with Crippen molar-refractivity contribution in [2.45, 2.75) is 26.9 Å². The van der Waals surface area contributed by atoms with Crippen LogP contribution in [0, 0.1) is 13.8 Å². The maximum absolute atomic E-state index is 11.7. The zero-order valence-corrected chi connectivity index (χ0v) is 16.7. The number of benzene rings is 3. The molecule has 1 N–H and O–H groups in total. The fourth-order valence-electron chi connectivity index (χ4n) is 3.74. The Hall–Kier alpha value is -3.53. The first kappa shape index (κ1) is 18.8. The summed E-state index contributed by atoms with van der Waals surface area (Å²) in [6.45, 7) is 5.41. The maximum atomic E-state index is 11.7. The molecule has 29 heavy (non-hydrogen) atoms. The first-order valence-electron chi connectivity index (χ1n) is 9.72. The normalized spacial score (nSPS) is 12.8. The minimum Gasteiger partial charge on any atom is -0.478 e. The predicted molar refractivity (Wildman–Crippen MR) is 117 cm³/mol. The second-order valence-electron chi connectivity index (χ2n) is 7.41. The van der Waals surface area contributed by atoms with E-state index in [4.69, 9.17) is 0 Å². The lowest BCUT2D eigenvalue weighted by Crippen LogP contribution is -2.28. The molecule has 1 aliphatic rings. The first-order valence-corrected chi connectivity index (χ1v) is 9.72. The standard InChI is InChI=1S/C25H24N2O2/c1-18-13-22-23(14-19(18)2)27(17-21-11-7-4-8-12-21)24(15-25(28)29)26(22)16-20-9-5-3-6-10-20/h3-15H,16-17H2,1-2H3,(H,28,29). The van der Waals surface area contributed by atoms with Gasteiger partial charge in [0.15, 0.2) is 0 Å². The van der Waals surface area contributed by atoms with E-state index in [9.17, 15) is 9.90 Å². The van der Waals surface area contributed by atoms with Crippen LogP contribution >= 0.6 is 0 Å². The Morgan fingerprint density at radius 1 is 0.793 bits per heavy atom. The summed E-state index contributed by atoms with van der Waals surface area (Å²) in [5, 5.41) is 9.60. The molecule has 0 spiro atoms. The summed E-state index contributed by atoms with van der Waals surface area (Å²) in [6.07, 6.45) is 1.32. The molecular weight excluding hydrogens is 360 g/mol. The molecule has 0 fully saturated rings. The smallest absolute Gasteiger partial charge is 0.331 e. The molecule has 4 rings (SSSR count). The molecule has 4 heteroatoms. The van der Waals surface area contributed by atoms with Crippen molar-refractivity contribution in [1.82, 2.24) is 0 Å². The Morgan fingerprint density at radius 3 is 1.59 bits per heavy atom. The molecule has 146 valence electrons. The quantitative estimate of drug-likeness (QED) is 0.610. The Bertz CT molecular complexity index is 982. The number of carboxylic acids is 1. The van der Waals surface area contributed by atoms with Gasteiger partial charge in [-0.2, -0.15) is 0 Å². The van der Waals surface area contributed by atoms with Crippen molar-refractivity contribution in [1.29, 1.82) is 0 Å². The fraction of sp³-hybridized carbons (Fsp3) is 0.160. The first-order chi connectivity index (χ1) is 14.0. The largest absolute Gasteiger partial charge is 0.478 e. The third-order valence-electron chi connectivity index (χ3n) is 5.35. The van der Waals surface area contributed by atoms with Crippen LogP contribution in [0.2, 0.25) is 0 Å². The fourth-order valence-corrected chi connectivity index (χ4v) is 3.74. The molecule has 0 aliphatic carbocycles. The average Bonchev–Trinajstić information content (AvgIpc) is 2.96. The van der Waals surface area contributed by atoms with E-state index in [2.05, 4.69) is 60.0 Å². The number of carboxylic acid groups (broad SMARTS) is 1. The number of nitrogens with zero attached hydrogens (tertiary/aromatic N) is 2. The average molecular weight is 384 g/mol. The highest BCUT2D eigenvalue weighted by Gasteiger charge is 2.32. The van der Waals surface area contributed by atoms with Gasteiger partial charge in [-0.25, -0.2) is 4.79 Å². The van der Waals surface area contributed by atoms with E-state index in [1.165, 1.54) is 17.2 Å². The summed E-state index contributed by atoms with van der Waals surface area (Å²) in [5.74, 6) is -0.262. The van der Waals surface area contributed by atoms with E-state index in [1.807, 2.05) is 36.4 Å². The van der Waals surface area contributed by atoms with Crippen molar-refractivity contribution in [3.8, 4) is 0 Å². The second kappa shape index (κ2) is 7.84. The molecule has 0 radical (unpaired) electrons. The number of anilines is 2. The molecule has 1 aliphatic heterocycles. The summed E-state index contributed by atoms with van der Waals surface area (Å²) in [4.78, 5) is 15.9. The van der Waals surface area contributed by atoms with Gasteiger partial charge in [-0.15, -0.1) is 0 Å². The number of hydrogen-bond acceptors (Lipinski definition) is 3. The van der Waals surface area contributed by atoms with E-state index in [0.29, 0.717) is 18.9 Å². The lowest BCUT2D eigenvalue weighted by molar-refractivity contribution is -0.131. The Kier molecular flexibility index (Phi) is 5.09. The number of carbonyl (C=O) groups is 1. The lowest BCUT2D eigenvalue weighted by atomic mass is 10.1.